The van der Waals surface area contributed by atoms with Crippen molar-refractivity contribution in [3.8, 4) is 0 Å². The summed E-state index contributed by atoms with van der Waals surface area (Å²) in [5.41, 5.74) is 0.383. The molecule has 0 aliphatic heterocycles. The Kier molecular flexibility index (Phi) is 6.09. The van der Waals surface area contributed by atoms with E-state index < -0.39 is 27.9 Å². The van der Waals surface area contributed by atoms with Gasteiger partial charge in [0.25, 0.3) is 0 Å². The van der Waals surface area contributed by atoms with Gasteiger partial charge in [0.2, 0.25) is 10.0 Å². The van der Waals surface area contributed by atoms with Crippen molar-refractivity contribution < 1.29 is 22.3 Å². The number of aryl methyl sites for hydroxylation is 1. The Hall–Kier alpha value is -3.04. The molecule has 0 fully saturated rings. The minimum Gasteiger partial charge on any atom is -0.462 e. The summed E-state index contributed by atoms with van der Waals surface area (Å²) in [7, 11) is -2.35. The van der Waals surface area contributed by atoms with E-state index in [9.17, 15) is 17.6 Å². The van der Waals surface area contributed by atoms with Crippen molar-refractivity contribution in [2.24, 2.45) is 7.05 Å². The molecule has 29 heavy (non-hydrogen) atoms. The second kappa shape index (κ2) is 8.54. The number of halogens is 1. The number of sulfonamides is 1. The monoisotopic (exact) mass is 417 g/mol. The van der Waals surface area contributed by atoms with Crippen LogP contribution in [0.15, 0.2) is 65.8 Å². The van der Waals surface area contributed by atoms with Gasteiger partial charge in [-0.15, -0.1) is 0 Å². The fraction of sp³-hybridized carbons (Fsp3) is 0.200. The van der Waals surface area contributed by atoms with E-state index in [4.69, 9.17) is 4.74 Å². The third-order valence-corrected chi connectivity index (χ3v) is 5.72. The van der Waals surface area contributed by atoms with E-state index in [-0.39, 0.29) is 22.6 Å². The maximum Gasteiger partial charge on any atom is 0.338 e. The van der Waals surface area contributed by atoms with Gasteiger partial charge in [-0.2, -0.15) is 4.72 Å². The van der Waals surface area contributed by atoms with E-state index in [0.29, 0.717) is 5.82 Å². The van der Waals surface area contributed by atoms with Crippen LogP contribution < -0.4 is 4.72 Å². The van der Waals surface area contributed by atoms with Crippen molar-refractivity contribution in [2.45, 2.75) is 17.9 Å². The van der Waals surface area contributed by atoms with Gasteiger partial charge in [0.05, 0.1) is 17.1 Å². The van der Waals surface area contributed by atoms with Crippen LogP contribution in [0, 0.1) is 5.82 Å². The van der Waals surface area contributed by atoms with Gasteiger partial charge in [0.15, 0.2) is 0 Å². The van der Waals surface area contributed by atoms with Gasteiger partial charge in [-0.05, 0) is 37.3 Å². The van der Waals surface area contributed by atoms with Crippen LogP contribution in [0.3, 0.4) is 0 Å². The molecule has 3 rings (SSSR count). The molecule has 1 aromatic heterocycles. The number of imidazole rings is 1. The molecule has 0 radical (unpaired) electrons. The van der Waals surface area contributed by atoms with E-state index >= 15 is 0 Å². The summed E-state index contributed by atoms with van der Waals surface area (Å²) < 4.78 is 49.4. The number of rotatable bonds is 7. The lowest BCUT2D eigenvalue weighted by Crippen LogP contribution is -2.31. The Morgan fingerprint density at radius 1 is 1.21 bits per heavy atom. The molecule has 0 aliphatic rings. The van der Waals surface area contributed by atoms with Crippen LogP contribution >= 0.6 is 0 Å². The van der Waals surface area contributed by atoms with Crippen molar-refractivity contribution >= 4 is 16.0 Å². The second-order valence-corrected chi connectivity index (χ2v) is 7.93. The van der Waals surface area contributed by atoms with E-state index in [0.717, 1.165) is 0 Å². The maximum absolute atomic E-state index is 14.4. The van der Waals surface area contributed by atoms with Crippen LogP contribution in [0.2, 0.25) is 0 Å². The molecular formula is C20H20FN3O4S. The normalized spacial score (nSPS) is 12.5. The highest BCUT2D eigenvalue weighted by atomic mass is 32.2. The molecule has 1 heterocycles. The number of benzene rings is 2. The predicted molar refractivity (Wildman–Crippen MR) is 104 cm³/mol. The molecule has 0 amide bonds. The fourth-order valence-electron chi connectivity index (χ4n) is 2.83. The van der Waals surface area contributed by atoms with Crippen molar-refractivity contribution in [1.29, 1.82) is 0 Å². The maximum atomic E-state index is 14.4. The molecule has 0 spiro atoms. The molecule has 0 unspecified atom stereocenters. The van der Waals surface area contributed by atoms with Crippen LogP contribution in [0.4, 0.5) is 4.39 Å². The van der Waals surface area contributed by atoms with Gasteiger partial charge in [-0.3, -0.25) is 0 Å². The largest absolute Gasteiger partial charge is 0.462 e. The summed E-state index contributed by atoms with van der Waals surface area (Å²) in [6, 6.07) is 10.2. The summed E-state index contributed by atoms with van der Waals surface area (Å²) in [5, 5.41) is 0. The summed E-state index contributed by atoms with van der Waals surface area (Å²) in [5.74, 6) is -0.760. The van der Waals surface area contributed by atoms with Gasteiger partial charge in [0, 0.05) is 25.0 Å². The number of carbonyl (C=O) groups excluding carboxylic acids is 1. The highest BCUT2D eigenvalue weighted by Gasteiger charge is 2.27. The van der Waals surface area contributed by atoms with Gasteiger partial charge >= 0.3 is 5.97 Å². The lowest BCUT2D eigenvalue weighted by atomic mass is 10.1. The highest BCUT2D eigenvalue weighted by molar-refractivity contribution is 7.89. The van der Waals surface area contributed by atoms with Gasteiger partial charge in [0.1, 0.15) is 17.7 Å². The highest BCUT2D eigenvalue weighted by Crippen LogP contribution is 2.25. The van der Waals surface area contributed by atoms with Crippen molar-refractivity contribution in [1.82, 2.24) is 14.3 Å². The topological polar surface area (TPSA) is 90.3 Å². The van der Waals surface area contributed by atoms with Gasteiger partial charge in [-0.25, -0.2) is 22.6 Å². The van der Waals surface area contributed by atoms with Crippen LogP contribution in [-0.4, -0.2) is 30.5 Å². The van der Waals surface area contributed by atoms with Gasteiger partial charge in [-0.1, -0.05) is 18.2 Å². The molecule has 0 saturated heterocycles. The number of nitrogens with one attached hydrogen (secondary N) is 1. The number of aromatic nitrogens is 2. The molecule has 1 N–H and O–H groups in total. The molecule has 7 nitrogen and oxygen atoms in total. The Morgan fingerprint density at radius 2 is 1.90 bits per heavy atom. The van der Waals surface area contributed by atoms with Crippen LogP contribution in [-0.2, 0) is 21.8 Å². The molecular weight excluding hydrogens is 397 g/mol. The molecule has 0 saturated carbocycles. The average Bonchev–Trinajstić information content (AvgIpc) is 3.13. The van der Waals surface area contributed by atoms with Crippen molar-refractivity contribution in [3.63, 3.8) is 0 Å². The lowest BCUT2D eigenvalue weighted by Gasteiger charge is -2.20. The number of esters is 1. The minimum atomic E-state index is -4.04. The second-order valence-electron chi connectivity index (χ2n) is 6.22. The first-order valence-corrected chi connectivity index (χ1v) is 10.3. The first kappa shape index (κ1) is 20.7. The third kappa shape index (κ3) is 4.52. The number of nitrogens with zero attached hydrogens (tertiary/aromatic N) is 2. The molecule has 1 atom stereocenters. The molecule has 3 aromatic rings. The van der Waals surface area contributed by atoms with Crippen molar-refractivity contribution in [3.05, 3.63) is 83.7 Å². The molecule has 152 valence electrons. The first-order valence-electron chi connectivity index (χ1n) is 8.84. The fourth-order valence-corrected chi connectivity index (χ4v) is 4.00. The molecule has 9 heteroatoms. The zero-order chi connectivity index (χ0) is 21.0. The number of hydrogen-bond acceptors (Lipinski definition) is 5. The van der Waals surface area contributed by atoms with Crippen molar-refractivity contribution in [2.75, 3.05) is 6.61 Å². The zero-order valence-electron chi connectivity index (χ0n) is 15.9. The Bertz CT molecular complexity index is 1110. The Balaban J connectivity index is 1.96. The first-order chi connectivity index (χ1) is 13.8. The quantitative estimate of drug-likeness (QED) is 0.597. The van der Waals surface area contributed by atoms with Crippen LogP contribution in [0.1, 0.15) is 34.7 Å². The Morgan fingerprint density at radius 3 is 2.48 bits per heavy atom. The van der Waals surface area contributed by atoms with Gasteiger partial charge < -0.3 is 9.30 Å². The lowest BCUT2D eigenvalue weighted by molar-refractivity contribution is 0.0526. The van der Waals surface area contributed by atoms with Crippen LogP contribution in [0.25, 0.3) is 0 Å². The molecule has 0 aliphatic carbocycles. The van der Waals surface area contributed by atoms with Crippen LogP contribution in [0.5, 0.6) is 0 Å². The van der Waals surface area contributed by atoms with E-state index in [1.165, 1.54) is 48.7 Å². The number of hydrogen-bond donors (Lipinski definition) is 1. The summed E-state index contributed by atoms with van der Waals surface area (Å²) >= 11 is 0. The average molecular weight is 417 g/mol. The van der Waals surface area contributed by atoms with E-state index in [2.05, 4.69) is 9.71 Å². The minimum absolute atomic E-state index is 0.0684. The summed E-state index contributed by atoms with van der Waals surface area (Å²) in [6.45, 7) is 1.90. The van der Waals surface area contributed by atoms with E-state index in [1.54, 1.807) is 30.8 Å². The number of carbonyl (C=O) groups is 1. The Labute approximate surface area is 168 Å². The number of ether oxygens (including phenoxy) is 1. The third-order valence-electron chi connectivity index (χ3n) is 4.28. The predicted octanol–water partition coefficient (Wildman–Crippen LogP) is 2.80. The van der Waals surface area contributed by atoms with E-state index in [1.807, 2.05) is 0 Å². The standard InChI is InChI=1S/C20H20FN3O4S/c1-3-28-20(25)14-8-10-15(11-9-14)29(26,27)23-18(19-22-12-13-24(19)2)16-6-4-5-7-17(16)21/h4-13,18,23H,3H2,1-2H3/t18-/m1/s1. The molecule has 0 bridgehead atoms. The smallest absolute Gasteiger partial charge is 0.338 e. The zero-order valence-corrected chi connectivity index (χ0v) is 16.7. The summed E-state index contributed by atoms with van der Waals surface area (Å²) in [4.78, 5) is 15.9. The SMILES string of the molecule is CCOC(=O)c1ccc(S(=O)(=O)N[C@H](c2ccccc2F)c2nccn2C)cc1. The molecule has 2 aromatic carbocycles. The summed E-state index contributed by atoms with van der Waals surface area (Å²) in [6.07, 6.45) is 3.15.